The van der Waals surface area contributed by atoms with Crippen molar-refractivity contribution >= 4 is 22.8 Å². The van der Waals surface area contributed by atoms with Crippen LogP contribution in [0.4, 0.5) is 11.4 Å². The molecule has 7 rings (SSSR count). The highest BCUT2D eigenvalue weighted by atomic mass is 14.9. The van der Waals surface area contributed by atoms with Crippen LogP contribution in [0.2, 0.25) is 0 Å². The van der Waals surface area contributed by atoms with E-state index in [-0.39, 0.29) is 0 Å². The first-order valence-electron chi connectivity index (χ1n) is 13.2. The van der Waals surface area contributed by atoms with Crippen LogP contribution in [0.15, 0.2) is 156 Å². The number of para-hydroxylation sites is 2. The molecule has 0 unspecified atom stereocenters. The van der Waals surface area contributed by atoms with Gasteiger partial charge in [-0.2, -0.15) is 0 Å². The third-order valence-electron chi connectivity index (χ3n) is 7.00. The van der Waals surface area contributed by atoms with E-state index in [0.29, 0.717) is 0 Å². The molecule has 4 heteroatoms. The lowest BCUT2D eigenvalue weighted by Crippen LogP contribution is -2.12. The number of hydrogen-bond acceptors (Lipinski definition) is 4. The Bertz CT molecular complexity index is 1750. The normalized spacial score (nSPS) is 14.9. The van der Waals surface area contributed by atoms with Crippen molar-refractivity contribution in [2.45, 2.75) is 0 Å². The Hall–Kier alpha value is -5.48. The first-order valence-corrected chi connectivity index (χ1v) is 13.2. The Morgan fingerprint density at radius 1 is 0.350 bits per heavy atom. The topological polar surface area (TPSA) is 50.5 Å². The van der Waals surface area contributed by atoms with E-state index >= 15 is 0 Å². The molecule has 0 N–H and O–H groups in total. The minimum atomic E-state index is 0.787. The van der Waals surface area contributed by atoms with Gasteiger partial charge in [0.05, 0.1) is 34.2 Å². The zero-order valence-corrected chi connectivity index (χ0v) is 21.6. The molecular formula is C36H24N4. The number of pyridine rings is 2. The number of aliphatic imine (C=N–C) groups is 2. The van der Waals surface area contributed by atoms with Crippen LogP contribution in [0.3, 0.4) is 0 Å². The maximum atomic E-state index is 5.25. The molecule has 0 fully saturated rings. The van der Waals surface area contributed by atoms with Gasteiger partial charge in [0.1, 0.15) is 0 Å². The molecule has 0 amide bonds. The number of hydrogen-bond donors (Lipinski definition) is 0. The van der Waals surface area contributed by atoms with Gasteiger partial charge >= 0.3 is 0 Å². The molecule has 0 spiro atoms. The highest BCUT2D eigenvalue weighted by Crippen LogP contribution is 2.33. The van der Waals surface area contributed by atoms with Gasteiger partial charge in [0.25, 0.3) is 0 Å². The summed E-state index contributed by atoms with van der Waals surface area (Å²) in [6.45, 7) is 0. The van der Waals surface area contributed by atoms with E-state index in [1.54, 1.807) is 0 Å². The van der Waals surface area contributed by atoms with Crippen LogP contribution >= 0.6 is 0 Å². The standard InChI is InChI=1S/C36H24N4/c1-3-11-25(12-4-1)27-19-21-37-33(23-27)35-29-15-7-9-17-31(29)40-36(30-16-8-10-18-32(30)39-35)34-24-28(20-22-38-34)26-13-5-2-6-14-26/h1-24H/b35-29?,36-30?,39-32?,39-35+,40-31?,40-36+. The second-order valence-corrected chi connectivity index (χ2v) is 9.55. The quantitative estimate of drug-likeness (QED) is 0.237. The molecule has 2 aromatic heterocycles. The van der Waals surface area contributed by atoms with Gasteiger partial charge in [-0.1, -0.05) is 97.1 Å². The lowest BCUT2D eigenvalue weighted by atomic mass is 9.97. The van der Waals surface area contributed by atoms with Crippen molar-refractivity contribution in [3.05, 3.63) is 168 Å². The summed E-state index contributed by atoms with van der Waals surface area (Å²) in [5, 5.41) is 0. The predicted molar refractivity (Wildman–Crippen MR) is 163 cm³/mol. The molecule has 188 valence electrons. The second kappa shape index (κ2) is 10.4. The molecule has 0 atom stereocenters. The summed E-state index contributed by atoms with van der Waals surface area (Å²) in [7, 11) is 0. The fourth-order valence-electron chi connectivity index (χ4n) is 5.04. The van der Waals surface area contributed by atoms with E-state index in [0.717, 1.165) is 67.6 Å². The van der Waals surface area contributed by atoms with E-state index in [2.05, 4.69) is 48.5 Å². The van der Waals surface area contributed by atoms with Gasteiger partial charge in [0, 0.05) is 23.5 Å². The maximum absolute atomic E-state index is 5.25. The number of aromatic nitrogens is 2. The number of nitrogens with zero attached hydrogens (tertiary/aromatic N) is 4. The Balaban J connectivity index is 1.41. The Labute approximate surface area is 233 Å². The molecule has 4 aromatic carbocycles. The minimum absolute atomic E-state index is 0.787. The van der Waals surface area contributed by atoms with Crippen molar-refractivity contribution in [2.75, 3.05) is 0 Å². The SMILES string of the molecule is c1ccc(-c2ccnc(/C3=N/c4ccccc4/C(c4cc(-c5ccccc5)ccn4)=N\c4ccccc43)c2)cc1. The smallest absolute Gasteiger partial charge is 0.0987 e. The van der Waals surface area contributed by atoms with Crippen LogP contribution in [-0.2, 0) is 0 Å². The lowest BCUT2D eigenvalue weighted by Gasteiger charge is -2.18. The molecule has 1 aliphatic heterocycles. The Kier molecular flexibility index (Phi) is 6.11. The molecular weight excluding hydrogens is 488 g/mol. The molecule has 0 bridgehead atoms. The summed E-state index contributed by atoms with van der Waals surface area (Å²) < 4.78 is 0. The highest BCUT2D eigenvalue weighted by molar-refractivity contribution is 6.22. The van der Waals surface area contributed by atoms with Gasteiger partial charge in [-0.15, -0.1) is 0 Å². The molecule has 4 nitrogen and oxygen atoms in total. The number of fused-ring (bicyclic) bond motifs is 2. The maximum Gasteiger partial charge on any atom is 0.0987 e. The van der Waals surface area contributed by atoms with E-state index in [4.69, 9.17) is 20.0 Å². The zero-order chi connectivity index (χ0) is 26.7. The summed E-state index contributed by atoms with van der Waals surface area (Å²) in [6.07, 6.45) is 3.70. The van der Waals surface area contributed by atoms with E-state index < -0.39 is 0 Å². The van der Waals surface area contributed by atoms with Crippen molar-refractivity contribution in [3.8, 4) is 22.3 Å². The monoisotopic (exact) mass is 512 g/mol. The summed E-state index contributed by atoms with van der Waals surface area (Å²) >= 11 is 0. The van der Waals surface area contributed by atoms with Gasteiger partial charge in [0.2, 0.25) is 0 Å². The van der Waals surface area contributed by atoms with Gasteiger partial charge in [0.15, 0.2) is 0 Å². The van der Waals surface area contributed by atoms with Gasteiger partial charge < -0.3 is 0 Å². The average molecular weight is 513 g/mol. The van der Waals surface area contributed by atoms with Crippen LogP contribution in [0, 0.1) is 0 Å². The van der Waals surface area contributed by atoms with Crippen LogP contribution in [0.5, 0.6) is 0 Å². The molecule has 0 aliphatic carbocycles. The largest absolute Gasteiger partial charge is 0.255 e. The van der Waals surface area contributed by atoms with E-state index in [1.807, 2.05) is 97.3 Å². The molecule has 1 aliphatic rings. The second-order valence-electron chi connectivity index (χ2n) is 9.55. The summed E-state index contributed by atoms with van der Waals surface area (Å²) in [6, 6.07) is 45.2. The minimum Gasteiger partial charge on any atom is -0.255 e. The zero-order valence-electron chi connectivity index (χ0n) is 21.6. The van der Waals surface area contributed by atoms with Crippen LogP contribution < -0.4 is 0 Å². The van der Waals surface area contributed by atoms with E-state index in [1.165, 1.54) is 0 Å². The molecule has 40 heavy (non-hydrogen) atoms. The van der Waals surface area contributed by atoms with Crippen LogP contribution in [0.25, 0.3) is 22.3 Å². The van der Waals surface area contributed by atoms with Gasteiger partial charge in [-0.3, -0.25) is 9.97 Å². The van der Waals surface area contributed by atoms with Crippen LogP contribution in [-0.4, -0.2) is 21.4 Å². The van der Waals surface area contributed by atoms with Crippen molar-refractivity contribution in [1.29, 1.82) is 0 Å². The summed E-state index contributed by atoms with van der Waals surface area (Å²) in [5.74, 6) is 0. The predicted octanol–water partition coefficient (Wildman–Crippen LogP) is 8.46. The van der Waals surface area contributed by atoms with Crippen molar-refractivity contribution in [1.82, 2.24) is 9.97 Å². The molecule has 3 heterocycles. The van der Waals surface area contributed by atoms with Crippen molar-refractivity contribution < 1.29 is 0 Å². The Morgan fingerprint density at radius 3 is 1.20 bits per heavy atom. The molecule has 6 aromatic rings. The summed E-state index contributed by atoms with van der Waals surface area (Å²) in [5.41, 5.74) is 11.1. The van der Waals surface area contributed by atoms with E-state index in [9.17, 15) is 0 Å². The average Bonchev–Trinajstić information content (AvgIpc) is 3.03. The lowest BCUT2D eigenvalue weighted by molar-refractivity contribution is 1.26. The molecule has 0 radical (unpaired) electrons. The van der Waals surface area contributed by atoms with Crippen molar-refractivity contribution in [2.24, 2.45) is 9.98 Å². The van der Waals surface area contributed by atoms with Crippen molar-refractivity contribution in [3.63, 3.8) is 0 Å². The number of rotatable bonds is 4. The van der Waals surface area contributed by atoms with Crippen LogP contribution in [0.1, 0.15) is 22.5 Å². The Morgan fingerprint density at radius 2 is 0.750 bits per heavy atom. The first-order chi connectivity index (χ1) is 19.8. The van der Waals surface area contributed by atoms with Gasteiger partial charge in [-0.25, -0.2) is 9.98 Å². The number of benzene rings is 4. The third kappa shape index (κ3) is 4.52. The fourth-order valence-corrected chi connectivity index (χ4v) is 5.04. The molecule has 0 saturated heterocycles. The molecule has 0 saturated carbocycles. The van der Waals surface area contributed by atoms with Gasteiger partial charge in [-0.05, 0) is 58.7 Å². The third-order valence-corrected chi connectivity index (χ3v) is 7.00. The highest BCUT2D eigenvalue weighted by Gasteiger charge is 2.21. The first kappa shape index (κ1) is 23.6. The fraction of sp³-hybridized carbons (Fsp3) is 0. The summed E-state index contributed by atoms with van der Waals surface area (Å²) in [4.78, 5) is 20.0.